The van der Waals surface area contributed by atoms with Gasteiger partial charge in [0.1, 0.15) is 0 Å². The SMILES string of the molecule is C=C(C)CCOC(CCC)CNC(C)(C)C. The molecule has 0 fully saturated rings. The fourth-order valence-electron chi connectivity index (χ4n) is 1.39. The highest BCUT2D eigenvalue weighted by Gasteiger charge is 2.13. The van der Waals surface area contributed by atoms with Gasteiger partial charge in [-0.05, 0) is 40.5 Å². The fraction of sp³-hybridized carbons (Fsp3) is 0.857. The molecule has 2 heteroatoms. The van der Waals surface area contributed by atoms with Crippen LogP contribution in [0.1, 0.15) is 53.9 Å². The molecular weight excluding hydrogens is 198 g/mol. The van der Waals surface area contributed by atoms with E-state index in [2.05, 4.69) is 39.6 Å². The van der Waals surface area contributed by atoms with Crippen LogP contribution in [0.5, 0.6) is 0 Å². The maximum Gasteiger partial charge on any atom is 0.0699 e. The lowest BCUT2D eigenvalue weighted by molar-refractivity contribution is 0.0450. The first-order valence-electron chi connectivity index (χ1n) is 6.36. The van der Waals surface area contributed by atoms with Gasteiger partial charge in [-0.15, -0.1) is 6.58 Å². The molecule has 0 heterocycles. The van der Waals surface area contributed by atoms with Crippen LogP contribution in [-0.2, 0) is 4.74 Å². The Kier molecular flexibility index (Phi) is 7.69. The summed E-state index contributed by atoms with van der Waals surface area (Å²) in [4.78, 5) is 0. The van der Waals surface area contributed by atoms with Gasteiger partial charge < -0.3 is 10.1 Å². The molecule has 1 atom stereocenters. The Morgan fingerprint density at radius 1 is 1.38 bits per heavy atom. The minimum absolute atomic E-state index is 0.170. The second-order valence-corrected chi connectivity index (χ2v) is 5.62. The normalized spacial score (nSPS) is 13.8. The highest BCUT2D eigenvalue weighted by molar-refractivity contribution is 4.87. The van der Waals surface area contributed by atoms with Crippen molar-refractivity contribution in [3.8, 4) is 0 Å². The van der Waals surface area contributed by atoms with Crippen molar-refractivity contribution in [2.24, 2.45) is 0 Å². The Hall–Kier alpha value is -0.340. The molecule has 2 nitrogen and oxygen atoms in total. The Morgan fingerprint density at radius 2 is 2.00 bits per heavy atom. The largest absolute Gasteiger partial charge is 0.377 e. The average molecular weight is 227 g/mol. The van der Waals surface area contributed by atoms with Gasteiger partial charge in [0.25, 0.3) is 0 Å². The Morgan fingerprint density at radius 3 is 2.44 bits per heavy atom. The van der Waals surface area contributed by atoms with Gasteiger partial charge in [-0.1, -0.05) is 18.9 Å². The Labute approximate surface area is 101 Å². The summed E-state index contributed by atoms with van der Waals surface area (Å²) < 4.78 is 5.87. The van der Waals surface area contributed by atoms with E-state index in [9.17, 15) is 0 Å². The smallest absolute Gasteiger partial charge is 0.0699 e. The average Bonchev–Trinajstić information content (AvgIpc) is 2.12. The van der Waals surface area contributed by atoms with Crippen LogP contribution in [-0.4, -0.2) is 24.8 Å². The molecule has 0 bridgehead atoms. The third kappa shape index (κ3) is 10.2. The van der Waals surface area contributed by atoms with Crippen molar-refractivity contribution in [1.82, 2.24) is 5.32 Å². The summed E-state index contributed by atoms with van der Waals surface area (Å²) in [5, 5.41) is 3.50. The zero-order chi connectivity index (χ0) is 12.6. The third-order valence-electron chi connectivity index (χ3n) is 2.35. The first-order chi connectivity index (χ1) is 7.35. The summed E-state index contributed by atoms with van der Waals surface area (Å²) in [6.07, 6.45) is 3.60. The monoisotopic (exact) mass is 227 g/mol. The third-order valence-corrected chi connectivity index (χ3v) is 2.35. The van der Waals surface area contributed by atoms with Crippen molar-refractivity contribution in [3.05, 3.63) is 12.2 Å². The predicted molar refractivity (Wildman–Crippen MR) is 71.8 cm³/mol. The molecular formula is C14H29NO. The lowest BCUT2D eigenvalue weighted by Crippen LogP contribution is -2.41. The second-order valence-electron chi connectivity index (χ2n) is 5.62. The molecule has 0 radical (unpaired) electrons. The molecule has 0 saturated heterocycles. The summed E-state index contributed by atoms with van der Waals surface area (Å²) in [5.41, 5.74) is 1.36. The van der Waals surface area contributed by atoms with Gasteiger partial charge in [0.05, 0.1) is 12.7 Å². The maximum absolute atomic E-state index is 5.87. The van der Waals surface area contributed by atoms with Crippen molar-refractivity contribution in [2.45, 2.75) is 65.5 Å². The number of hydrogen-bond acceptors (Lipinski definition) is 2. The van der Waals surface area contributed by atoms with Gasteiger partial charge in [-0.2, -0.15) is 0 Å². The van der Waals surface area contributed by atoms with E-state index >= 15 is 0 Å². The van der Waals surface area contributed by atoms with Gasteiger partial charge in [-0.25, -0.2) is 0 Å². The van der Waals surface area contributed by atoms with Gasteiger partial charge in [-0.3, -0.25) is 0 Å². The van der Waals surface area contributed by atoms with Gasteiger partial charge in [0, 0.05) is 12.1 Å². The first kappa shape index (κ1) is 15.7. The number of rotatable bonds is 8. The molecule has 0 amide bonds. The Balaban J connectivity index is 3.83. The van der Waals surface area contributed by atoms with E-state index in [0.29, 0.717) is 6.10 Å². The number of hydrogen-bond donors (Lipinski definition) is 1. The lowest BCUT2D eigenvalue weighted by atomic mass is 10.1. The van der Waals surface area contributed by atoms with E-state index in [4.69, 9.17) is 4.74 Å². The van der Waals surface area contributed by atoms with E-state index in [1.807, 2.05) is 6.92 Å². The van der Waals surface area contributed by atoms with Gasteiger partial charge in [0.15, 0.2) is 0 Å². The maximum atomic E-state index is 5.87. The molecule has 0 aromatic rings. The minimum atomic E-state index is 0.170. The van der Waals surface area contributed by atoms with Crippen LogP contribution in [0.2, 0.25) is 0 Å². The molecule has 0 aliphatic heterocycles. The van der Waals surface area contributed by atoms with Crippen LogP contribution >= 0.6 is 0 Å². The molecule has 0 saturated carbocycles. The molecule has 0 aromatic carbocycles. The topological polar surface area (TPSA) is 21.3 Å². The van der Waals surface area contributed by atoms with E-state index < -0.39 is 0 Å². The summed E-state index contributed by atoms with van der Waals surface area (Å²) in [6.45, 7) is 16.4. The molecule has 0 spiro atoms. The fourth-order valence-corrected chi connectivity index (χ4v) is 1.39. The molecule has 16 heavy (non-hydrogen) atoms. The zero-order valence-electron chi connectivity index (χ0n) is 11.7. The van der Waals surface area contributed by atoms with E-state index in [0.717, 1.165) is 26.0 Å². The summed E-state index contributed by atoms with van der Waals surface area (Å²) >= 11 is 0. The molecule has 0 rings (SSSR count). The second kappa shape index (κ2) is 7.86. The predicted octanol–water partition coefficient (Wildman–Crippen LogP) is 3.53. The van der Waals surface area contributed by atoms with Gasteiger partial charge >= 0.3 is 0 Å². The van der Waals surface area contributed by atoms with Crippen molar-refractivity contribution in [3.63, 3.8) is 0 Å². The molecule has 0 aromatic heterocycles. The number of ether oxygens (including phenoxy) is 1. The molecule has 0 aliphatic carbocycles. The molecule has 1 unspecified atom stereocenters. The highest BCUT2D eigenvalue weighted by Crippen LogP contribution is 2.07. The van der Waals surface area contributed by atoms with E-state index in [-0.39, 0.29) is 5.54 Å². The highest BCUT2D eigenvalue weighted by atomic mass is 16.5. The molecule has 1 N–H and O–H groups in total. The lowest BCUT2D eigenvalue weighted by Gasteiger charge is -2.25. The van der Waals surface area contributed by atoms with Crippen molar-refractivity contribution >= 4 is 0 Å². The summed E-state index contributed by atoms with van der Waals surface area (Å²) in [6, 6.07) is 0. The molecule has 96 valence electrons. The first-order valence-corrected chi connectivity index (χ1v) is 6.36. The van der Waals surface area contributed by atoms with Crippen molar-refractivity contribution in [1.29, 1.82) is 0 Å². The van der Waals surface area contributed by atoms with Gasteiger partial charge in [0.2, 0.25) is 0 Å². The van der Waals surface area contributed by atoms with E-state index in [1.165, 1.54) is 12.0 Å². The minimum Gasteiger partial charge on any atom is -0.377 e. The van der Waals surface area contributed by atoms with Crippen molar-refractivity contribution < 1.29 is 4.74 Å². The van der Waals surface area contributed by atoms with Crippen LogP contribution in [0.15, 0.2) is 12.2 Å². The van der Waals surface area contributed by atoms with E-state index in [1.54, 1.807) is 0 Å². The van der Waals surface area contributed by atoms with Crippen LogP contribution in [0, 0.1) is 0 Å². The standard InChI is InChI=1S/C14H29NO/c1-7-8-13(11-15-14(4,5)6)16-10-9-12(2)3/h13,15H,2,7-11H2,1,3-6H3. The number of nitrogens with one attached hydrogen (secondary N) is 1. The zero-order valence-corrected chi connectivity index (χ0v) is 11.7. The van der Waals surface area contributed by atoms with Crippen LogP contribution < -0.4 is 5.32 Å². The Bertz CT molecular complexity index is 193. The molecule has 0 aliphatic rings. The van der Waals surface area contributed by atoms with Crippen LogP contribution in [0.4, 0.5) is 0 Å². The van der Waals surface area contributed by atoms with Crippen LogP contribution in [0.3, 0.4) is 0 Å². The quantitative estimate of drug-likeness (QED) is 0.641. The van der Waals surface area contributed by atoms with Crippen molar-refractivity contribution in [2.75, 3.05) is 13.2 Å². The summed E-state index contributed by atoms with van der Waals surface area (Å²) in [5.74, 6) is 0. The van der Waals surface area contributed by atoms with Crippen LogP contribution in [0.25, 0.3) is 0 Å². The summed E-state index contributed by atoms with van der Waals surface area (Å²) in [7, 11) is 0.